The molecule has 3 rings (SSSR count). The molecule has 2 bridgehead atoms. The SMILES string of the molecule is COc1ccccc1NC(=O)OCC1CC2CCC(C1C(C)(C)C)N2C(=O)O. The number of carbonyl (C=O) groups is 2. The molecule has 7 heteroatoms. The van der Waals surface area contributed by atoms with Crippen LogP contribution in [0.3, 0.4) is 0 Å². The number of methoxy groups -OCH3 is 1. The van der Waals surface area contributed by atoms with Crippen molar-refractivity contribution in [3.05, 3.63) is 24.3 Å². The lowest BCUT2D eigenvalue weighted by Gasteiger charge is -2.48. The second kappa shape index (κ2) is 7.89. The first-order valence-corrected chi connectivity index (χ1v) is 9.80. The number of nitrogens with zero attached hydrogens (tertiary/aromatic N) is 1. The number of para-hydroxylation sites is 2. The summed E-state index contributed by atoms with van der Waals surface area (Å²) in [6.45, 7) is 6.69. The predicted octanol–water partition coefficient (Wildman–Crippen LogP) is 4.44. The number of hydrogen-bond donors (Lipinski definition) is 2. The molecule has 2 aliphatic rings. The van der Waals surface area contributed by atoms with Crippen LogP contribution in [0.15, 0.2) is 24.3 Å². The Hall–Kier alpha value is -2.44. The summed E-state index contributed by atoms with van der Waals surface area (Å²) >= 11 is 0. The fourth-order valence-electron chi connectivity index (χ4n) is 5.14. The molecule has 2 amide bonds. The van der Waals surface area contributed by atoms with Crippen LogP contribution in [0.5, 0.6) is 5.75 Å². The van der Waals surface area contributed by atoms with Gasteiger partial charge >= 0.3 is 12.2 Å². The molecule has 0 aliphatic carbocycles. The van der Waals surface area contributed by atoms with Crippen LogP contribution in [0.4, 0.5) is 15.3 Å². The van der Waals surface area contributed by atoms with Gasteiger partial charge in [0.25, 0.3) is 0 Å². The van der Waals surface area contributed by atoms with Crippen LogP contribution < -0.4 is 10.1 Å². The third-order valence-electron chi connectivity index (χ3n) is 6.04. The highest BCUT2D eigenvalue weighted by molar-refractivity contribution is 5.86. The third kappa shape index (κ3) is 4.03. The lowest BCUT2D eigenvalue weighted by atomic mass is 9.66. The maximum Gasteiger partial charge on any atom is 0.411 e. The molecule has 2 fully saturated rings. The molecule has 7 nitrogen and oxygen atoms in total. The number of ether oxygens (including phenoxy) is 2. The van der Waals surface area contributed by atoms with Gasteiger partial charge in [-0.15, -0.1) is 0 Å². The molecule has 1 aromatic carbocycles. The lowest BCUT2D eigenvalue weighted by Crippen LogP contribution is -2.55. The van der Waals surface area contributed by atoms with E-state index in [1.807, 2.05) is 12.1 Å². The van der Waals surface area contributed by atoms with Gasteiger partial charge < -0.3 is 19.5 Å². The molecule has 1 aromatic rings. The summed E-state index contributed by atoms with van der Waals surface area (Å²) < 4.78 is 10.8. The third-order valence-corrected chi connectivity index (χ3v) is 6.04. The molecule has 0 radical (unpaired) electrons. The number of piperidine rings is 1. The summed E-state index contributed by atoms with van der Waals surface area (Å²) in [5, 5.41) is 12.4. The second-order valence-corrected chi connectivity index (χ2v) is 8.80. The summed E-state index contributed by atoms with van der Waals surface area (Å²) in [5.41, 5.74) is 0.476. The normalized spacial score (nSPS) is 26.6. The average Bonchev–Trinajstić information content (AvgIpc) is 2.93. The van der Waals surface area contributed by atoms with Crippen molar-refractivity contribution in [3.63, 3.8) is 0 Å². The summed E-state index contributed by atoms with van der Waals surface area (Å²) in [6, 6.07) is 7.17. The Balaban J connectivity index is 1.67. The molecule has 0 saturated carbocycles. The van der Waals surface area contributed by atoms with E-state index in [1.165, 1.54) is 0 Å². The monoisotopic (exact) mass is 390 g/mol. The van der Waals surface area contributed by atoms with Gasteiger partial charge in [-0.2, -0.15) is 0 Å². The Morgan fingerprint density at radius 3 is 2.61 bits per heavy atom. The number of benzene rings is 1. The van der Waals surface area contributed by atoms with Gasteiger partial charge in [0.2, 0.25) is 0 Å². The largest absolute Gasteiger partial charge is 0.495 e. The van der Waals surface area contributed by atoms with Crippen molar-refractivity contribution in [2.45, 2.75) is 52.1 Å². The van der Waals surface area contributed by atoms with Gasteiger partial charge in [-0.3, -0.25) is 5.32 Å². The van der Waals surface area contributed by atoms with E-state index in [4.69, 9.17) is 9.47 Å². The van der Waals surface area contributed by atoms with Crippen molar-refractivity contribution in [1.82, 2.24) is 4.90 Å². The minimum atomic E-state index is -0.838. The van der Waals surface area contributed by atoms with E-state index < -0.39 is 12.2 Å². The summed E-state index contributed by atoms with van der Waals surface area (Å²) in [4.78, 5) is 25.7. The Bertz CT molecular complexity index is 730. The highest BCUT2D eigenvalue weighted by Gasteiger charge is 2.52. The van der Waals surface area contributed by atoms with E-state index in [1.54, 1.807) is 24.1 Å². The Morgan fingerprint density at radius 1 is 1.25 bits per heavy atom. The predicted molar refractivity (Wildman–Crippen MR) is 106 cm³/mol. The molecule has 28 heavy (non-hydrogen) atoms. The van der Waals surface area contributed by atoms with Crippen molar-refractivity contribution >= 4 is 17.9 Å². The maximum absolute atomic E-state index is 12.3. The van der Waals surface area contributed by atoms with Gasteiger partial charge in [-0.1, -0.05) is 32.9 Å². The average molecular weight is 390 g/mol. The number of nitrogens with one attached hydrogen (secondary N) is 1. The van der Waals surface area contributed by atoms with Crippen molar-refractivity contribution < 1.29 is 24.2 Å². The molecule has 2 N–H and O–H groups in total. The van der Waals surface area contributed by atoms with E-state index in [-0.39, 0.29) is 35.9 Å². The van der Waals surface area contributed by atoms with Crippen LogP contribution in [0.2, 0.25) is 0 Å². The van der Waals surface area contributed by atoms with Gasteiger partial charge in [0.15, 0.2) is 0 Å². The molecule has 4 unspecified atom stereocenters. The second-order valence-electron chi connectivity index (χ2n) is 8.80. The van der Waals surface area contributed by atoms with Crippen LogP contribution in [-0.4, -0.2) is 48.0 Å². The first kappa shape index (κ1) is 20.3. The highest BCUT2D eigenvalue weighted by Crippen LogP contribution is 2.49. The van der Waals surface area contributed by atoms with Gasteiger partial charge in [0.1, 0.15) is 5.75 Å². The number of amides is 2. The van der Waals surface area contributed by atoms with E-state index in [2.05, 4.69) is 26.1 Å². The molecule has 0 spiro atoms. The number of carboxylic acid groups (broad SMARTS) is 1. The van der Waals surface area contributed by atoms with Crippen molar-refractivity contribution in [2.24, 2.45) is 17.3 Å². The summed E-state index contributed by atoms with van der Waals surface area (Å²) in [6.07, 6.45) is 1.13. The number of fused-ring (bicyclic) bond motifs is 2. The zero-order valence-corrected chi connectivity index (χ0v) is 17.0. The summed E-state index contributed by atoms with van der Waals surface area (Å²) in [7, 11) is 1.55. The van der Waals surface area contributed by atoms with Crippen LogP contribution in [0.25, 0.3) is 0 Å². The minimum absolute atomic E-state index is 0.0119. The van der Waals surface area contributed by atoms with Crippen LogP contribution >= 0.6 is 0 Å². The van der Waals surface area contributed by atoms with Crippen molar-refractivity contribution in [2.75, 3.05) is 19.0 Å². The Morgan fingerprint density at radius 2 is 1.96 bits per heavy atom. The minimum Gasteiger partial charge on any atom is -0.495 e. The van der Waals surface area contributed by atoms with E-state index in [0.717, 1.165) is 19.3 Å². The molecular weight excluding hydrogens is 360 g/mol. The lowest BCUT2D eigenvalue weighted by molar-refractivity contribution is -0.0238. The van der Waals surface area contributed by atoms with Gasteiger partial charge in [0.05, 0.1) is 19.4 Å². The van der Waals surface area contributed by atoms with Gasteiger partial charge in [0, 0.05) is 18.0 Å². The van der Waals surface area contributed by atoms with Gasteiger partial charge in [-0.25, -0.2) is 9.59 Å². The molecular formula is C21H30N2O5. The van der Waals surface area contributed by atoms with Crippen LogP contribution in [-0.2, 0) is 4.74 Å². The maximum atomic E-state index is 12.3. The zero-order valence-electron chi connectivity index (χ0n) is 17.0. The smallest absolute Gasteiger partial charge is 0.411 e. The van der Waals surface area contributed by atoms with E-state index in [0.29, 0.717) is 11.4 Å². The topological polar surface area (TPSA) is 88.1 Å². The molecule has 2 heterocycles. The summed E-state index contributed by atoms with van der Waals surface area (Å²) in [5.74, 6) is 0.845. The van der Waals surface area contributed by atoms with Crippen molar-refractivity contribution in [3.8, 4) is 5.75 Å². The van der Waals surface area contributed by atoms with Crippen LogP contribution in [0.1, 0.15) is 40.0 Å². The molecule has 154 valence electrons. The number of hydrogen-bond acceptors (Lipinski definition) is 4. The number of carbonyl (C=O) groups excluding carboxylic acids is 1. The molecule has 2 saturated heterocycles. The number of anilines is 1. The zero-order chi connectivity index (χ0) is 20.5. The Kier molecular flexibility index (Phi) is 5.72. The standard InChI is InChI=1S/C21H30N2O5/c1-21(2,3)18-13(11-14-9-10-16(18)23(14)20(25)26)12-28-19(24)22-15-7-5-6-8-17(15)27-4/h5-8,13-14,16,18H,9-12H2,1-4H3,(H,22,24)(H,25,26). The fraction of sp³-hybridized carbons (Fsp3) is 0.619. The van der Waals surface area contributed by atoms with E-state index in [9.17, 15) is 14.7 Å². The van der Waals surface area contributed by atoms with Crippen molar-refractivity contribution in [1.29, 1.82) is 0 Å². The quantitative estimate of drug-likeness (QED) is 0.794. The fourth-order valence-corrected chi connectivity index (χ4v) is 5.14. The first-order chi connectivity index (χ1) is 13.2. The van der Waals surface area contributed by atoms with E-state index >= 15 is 0 Å². The number of rotatable bonds is 4. The Labute approximate surface area is 166 Å². The molecule has 2 aliphatic heterocycles. The molecule has 0 aromatic heterocycles. The first-order valence-electron chi connectivity index (χ1n) is 9.80. The molecule has 4 atom stereocenters. The van der Waals surface area contributed by atoms with Gasteiger partial charge in [-0.05, 0) is 42.7 Å². The highest BCUT2D eigenvalue weighted by atomic mass is 16.5. The van der Waals surface area contributed by atoms with Crippen LogP contribution in [0, 0.1) is 17.3 Å².